The highest BCUT2D eigenvalue weighted by atomic mass is 16.5. The Morgan fingerprint density at radius 2 is 1.45 bits per heavy atom. The summed E-state index contributed by atoms with van der Waals surface area (Å²) in [7, 11) is 1.35. The number of benzene rings is 3. The van der Waals surface area contributed by atoms with Crippen LogP contribution in [0.5, 0.6) is 11.5 Å². The van der Waals surface area contributed by atoms with Crippen LogP contribution < -0.4 is 14.8 Å². The van der Waals surface area contributed by atoms with Gasteiger partial charge in [-0.25, -0.2) is 9.59 Å². The topological polar surface area (TPSA) is 77.1 Å². The standard InChI is InChI=1S/C35H46N2O5/c1-7-35(33(38)40-6,30-21-14-11-15-22-30)36-34(39)37(23-17-16-20-28-18-12-10-13-19-28)27(5)29-24-31(41-8-2)26(4)32(25-29)42-9-3/h10-15,18-19,21-22,24-25,27H,7-9,16-17,20,23H2,1-6H3,(H,36,39)/t27-,35?/m1/s1. The van der Waals surface area contributed by atoms with Crippen molar-refractivity contribution in [3.05, 3.63) is 95.1 Å². The first-order chi connectivity index (χ1) is 20.3. The zero-order chi connectivity index (χ0) is 30.5. The van der Waals surface area contributed by atoms with Gasteiger partial charge in [0.25, 0.3) is 0 Å². The molecule has 0 saturated heterocycles. The number of hydrogen-bond acceptors (Lipinski definition) is 5. The predicted octanol–water partition coefficient (Wildman–Crippen LogP) is 7.37. The fraction of sp³-hybridized carbons (Fsp3) is 0.429. The molecule has 0 saturated carbocycles. The maximum atomic E-state index is 14.2. The van der Waals surface area contributed by atoms with Crippen molar-refractivity contribution >= 4 is 12.0 Å². The summed E-state index contributed by atoms with van der Waals surface area (Å²) in [5, 5.41) is 3.10. The van der Waals surface area contributed by atoms with Crippen LogP contribution in [0.15, 0.2) is 72.8 Å². The van der Waals surface area contributed by atoms with Crippen molar-refractivity contribution < 1.29 is 23.8 Å². The number of aryl methyl sites for hydroxylation is 1. The van der Waals surface area contributed by atoms with Crippen LogP contribution in [0.1, 0.15) is 75.3 Å². The zero-order valence-electron chi connectivity index (χ0n) is 25.9. The van der Waals surface area contributed by atoms with Crippen LogP contribution in [-0.2, 0) is 21.5 Å². The van der Waals surface area contributed by atoms with E-state index in [1.165, 1.54) is 12.7 Å². The lowest BCUT2D eigenvalue weighted by Gasteiger charge is -2.37. The maximum Gasteiger partial charge on any atom is 0.336 e. The van der Waals surface area contributed by atoms with E-state index >= 15 is 0 Å². The van der Waals surface area contributed by atoms with Gasteiger partial charge in [-0.1, -0.05) is 67.6 Å². The molecule has 3 rings (SSSR count). The minimum atomic E-state index is -1.32. The number of unbranched alkanes of at least 4 members (excludes halogenated alkanes) is 1. The first kappa shape index (κ1) is 32.5. The molecule has 3 aromatic rings. The average molecular weight is 575 g/mol. The Hall–Kier alpha value is -4.00. The monoisotopic (exact) mass is 574 g/mol. The van der Waals surface area contributed by atoms with Gasteiger partial charge in [0.05, 0.1) is 26.4 Å². The minimum absolute atomic E-state index is 0.330. The van der Waals surface area contributed by atoms with Crippen molar-refractivity contribution in [1.82, 2.24) is 10.2 Å². The first-order valence-corrected chi connectivity index (χ1v) is 15.0. The van der Waals surface area contributed by atoms with E-state index in [9.17, 15) is 9.59 Å². The number of ether oxygens (including phenoxy) is 3. The third-order valence-corrected chi connectivity index (χ3v) is 7.75. The summed E-state index contributed by atoms with van der Waals surface area (Å²) in [5.74, 6) is 0.960. The predicted molar refractivity (Wildman–Crippen MR) is 167 cm³/mol. The first-order valence-electron chi connectivity index (χ1n) is 15.0. The molecule has 0 aromatic heterocycles. The molecular formula is C35H46N2O5. The van der Waals surface area contributed by atoms with E-state index in [0.29, 0.717) is 31.7 Å². The molecule has 0 aliphatic carbocycles. The third kappa shape index (κ3) is 7.84. The normalized spacial score (nSPS) is 13.0. The van der Waals surface area contributed by atoms with Crippen molar-refractivity contribution in [1.29, 1.82) is 0 Å². The largest absolute Gasteiger partial charge is 0.493 e. The second kappa shape index (κ2) is 15.9. The zero-order valence-corrected chi connectivity index (χ0v) is 25.9. The van der Waals surface area contributed by atoms with Crippen LogP contribution in [0.4, 0.5) is 4.79 Å². The lowest BCUT2D eigenvalue weighted by Crippen LogP contribution is -2.56. The molecule has 2 amide bonds. The molecule has 3 aromatic carbocycles. The molecule has 0 fully saturated rings. The molecule has 1 unspecified atom stereocenters. The van der Waals surface area contributed by atoms with Gasteiger partial charge in [-0.15, -0.1) is 0 Å². The van der Waals surface area contributed by atoms with Crippen molar-refractivity contribution in [2.45, 2.75) is 71.9 Å². The SMILES string of the molecule is CCOc1cc([C@@H](C)N(CCCCc2ccccc2)C(=O)NC(CC)(C(=O)OC)c2ccccc2)cc(OCC)c1C. The van der Waals surface area contributed by atoms with Gasteiger partial charge in [-0.3, -0.25) is 0 Å². The number of carbonyl (C=O) groups is 2. The number of nitrogens with one attached hydrogen (secondary N) is 1. The number of urea groups is 1. The second-order valence-electron chi connectivity index (χ2n) is 10.4. The number of methoxy groups -OCH3 is 1. The number of esters is 1. The number of nitrogens with zero attached hydrogens (tertiary/aromatic N) is 1. The van der Waals surface area contributed by atoms with E-state index in [2.05, 4.69) is 17.4 Å². The Morgan fingerprint density at radius 1 is 0.881 bits per heavy atom. The lowest BCUT2D eigenvalue weighted by atomic mass is 9.87. The van der Waals surface area contributed by atoms with Crippen LogP contribution >= 0.6 is 0 Å². The number of amides is 2. The van der Waals surface area contributed by atoms with Crippen molar-refractivity contribution in [3.63, 3.8) is 0 Å². The van der Waals surface area contributed by atoms with Gasteiger partial charge in [0, 0.05) is 12.1 Å². The Kier molecular flexibility index (Phi) is 12.3. The quantitative estimate of drug-likeness (QED) is 0.152. The second-order valence-corrected chi connectivity index (χ2v) is 10.4. The van der Waals surface area contributed by atoms with Crippen LogP contribution in [0.3, 0.4) is 0 Å². The summed E-state index contributed by atoms with van der Waals surface area (Å²) in [6.07, 6.45) is 2.96. The highest BCUT2D eigenvalue weighted by Gasteiger charge is 2.42. The summed E-state index contributed by atoms with van der Waals surface area (Å²) >= 11 is 0. The Labute approximate surface area is 251 Å². The van der Waals surface area contributed by atoms with E-state index in [0.717, 1.165) is 41.9 Å². The smallest absolute Gasteiger partial charge is 0.336 e. The van der Waals surface area contributed by atoms with Crippen molar-refractivity contribution in [2.75, 3.05) is 26.9 Å². The highest BCUT2D eigenvalue weighted by Crippen LogP contribution is 2.35. The summed E-state index contributed by atoms with van der Waals surface area (Å²) in [6, 6.07) is 22.9. The molecule has 0 bridgehead atoms. The molecule has 1 N–H and O–H groups in total. The number of rotatable bonds is 15. The molecule has 7 heteroatoms. The van der Waals surface area contributed by atoms with Crippen molar-refractivity contribution in [2.24, 2.45) is 0 Å². The third-order valence-electron chi connectivity index (χ3n) is 7.75. The average Bonchev–Trinajstić information content (AvgIpc) is 3.02. The minimum Gasteiger partial charge on any atom is -0.493 e. The van der Waals surface area contributed by atoms with Crippen LogP contribution in [0, 0.1) is 6.92 Å². The van der Waals surface area contributed by atoms with E-state index < -0.39 is 11.5 Å². The van der Waals surface area contributed by atoms with Gasteiger partial charge in [0.15, 0.2) is 5.54 Å². The summed E-state index contributed by atoms with van der Waals surface area (Å²) < 4.78 is 17.1. The van der Waals surface area contributed by atoms with Crippen LogP contribution in [0.2, 0.25) is 0 Å². The van der Waals surface area contributed by atoms with Gasteiger partial charge >= 0.3 is 12.0 Å². The molecule has 226 valence electrons. The molecule has 0 radical (unpaired) electrons. The number of carbonyl (C=O) groups excluding carboxylic acids is 2. The van der Waals surface area contributed by atoms with E-state index in [1.807, 2.05) is 95.3 Å². The van der Waals surface area contributed by atoms with Gasteiger partial charge < -0.3 is 24.4 Å². The van der Waals surface area contributed by atoms with E-state index in [-0.39, 0.29) is 12.1 Å². The molecule has 0 aliphatic rings. The van der Waals surface area contributed by atoms with Crippen LogP contribution in [0.25, 0.3) is 0 Å². The van der Waals surface area contributed by atoms with Gasteiger partial charge in [-0.2, -0.15) is 0 Å². The molecule has 0 aliphatic heterocycles. The Morgan fingerprint density at radius 3 is 1.98 bits per heavy atom. The lowest BCUT2D eigenvalue weighted by molar-refractivity contribution is -0.149. The van der Waals surface area contributed by atoms with E-state index in [4.69, 9.17) is 14.2 Å². The molecule has 2 atom stereocenters. The molecule has 0 spiro atoms. The van der Waals surface area contributed by atoms with Gasteiger partial charge in [0.2, 0.25) is 0 Å². The van der Waals surface area contributed by atoms with Crippen LogP contribution in [-0.4, -0.2) is 43.8 Å². The summed E-state index contributed by atoms with van der Waals surface area (Å²) in [6.45, 7) is 11.3. The van der Waals surface area contributed by atoms with Gasteiger partial charge in [0.1, 0.15) is 11.5 Å². The summed E-state index contributed by atoms with van der Waals surface area (Å²) in [5.41, 5.74) is 2.44. The van der Waals surface area contributed by atoms with Crippen molar-refractivity contribution in [3.8, 4) is 11.5 Å². The van der Waals surface area contributed by atoms with Gasteiger partial charge in [-0.05, 0) is 82.2 Å². The fourth-order valence-electron chi connectivity index (χ4n) is 5.27. The summed E-state index contributed by atoms with van der Waals surface area (Å²) in [4.78, 5) is 29.3. The fourth-order valence-corrected chi connectivity index (χ4v) is 5.27. The molecule has 0 heterocycles. The molecular weight excluding hydrogens is 528 g/mol. The highest BCUT2D eigenvalue weighted by molar-refractivity contribution is 5.88. The Balaban J connectivity index is 1.97. The number of hydrogen-bond donors (Lipinski definition) is 1. The maximum absolute atomic E-state index is 14.2. The Bertz CT molecular complexity index is 1250. The molecule has 42 heavy (non-hydrogen) atoms. The van der Waals surface area contributed by atoms with E-state index in [1.54, 1.807) is 4.90 Å². The molecule has 7 nitrogen and oxygen atoms in total.